The van der Waals surface area contributed by atoms with Crippen LogP contribution in [-0.4, -0.2) is 74.2 Å². The molecule has 118 valence electrons. The first-order chi connectivity index (χ1) is 9.43. The fraction of sp³-hybridized carbons (Fsp3) is 0.933. The van der Waals surface area contributed by atoms with Gasteiger partial charge in [0.15, 0.2) is 0 Å². The number of hydrogen-bond donors (Lipinski definition) is 1. The molecule has 1 aliphatic rings. The van der Waals surface area contributed by atoms with Gasteiger partial charge in [-0.3, -0.25) is 9.69 Å². The SMILES string of the molecule is CCOC(=O)C(CN(C)C1CCCN(C)C1)NC(C)C. The average Bonchev–Trinajstić information content (AvgIpc) is 2.37. The standard InChI is InChI=1S/C15H31N3O2/c1-6-20-15(19)14(16-12(2)3)11-18(5)13-8-7-9-17(4)10-13/h12-14,16H,6-11H2,1-5H3. The van der Waals surface area contributed by atoms with Crippen LogP contribution in [0.25, 0.3) is 0 Å². The summed E-state index contributed by atoms with van der Waals surface area (Å²) < 4.78 is 5.18. The summed E-state index contributed by atoms with van der Waals surface area (Å²) in [6.45, 7) is 9.36. The molecule has 0 bridgehead atoms. The molecule has 1 fully saturated rings. The monoisotopic (exact) mass is 285 g/mol. The first kappa shape index (κ1) is 17.4. The molecule has 0 aromatic carbocycles. The second kappa shape index (κ2) is 8.60. The summed E-state index contributed by atoms with van der Waals surface area (Å²) in [5.41, 5.74) is 0. The van der Waals surface area contributed by atoms with E-state index in [0.717, 1.165) is 6.54 Å². The van der Waals surface area contributed by atoms with Gasteiger partial charge in [0.2, 0.25) is 0 Å². The normalized spacial score (nSPS) is 22.2. The number of nitrogens with zero attached hydrogens (tertiary/aromatic N) is 2. The number of rotatable bonds is 7. The molecule has 1 rings (SSSR count). The zero-order chi connectivity index (χ0) is 15.1. The van der Waals surface area contributed by atoms with Gasteiger partial charge in [0.25, 0.3) is 0 Å². The van der Waals surface area contributed by atoms with Gasteiger partial charge >= 0.3 is 5.97 Å². The van der Waals surface area contributed by atoms with E-state index in [1.807, 2.05) is 6.92 Å². The number of ether oxygens (including phenoxy) is 1. The minimum absolute atomic E-state index is 0.141. The molecule has 1 aliphatic heterocycles. The number of carbonyl (C=O) groups is 1. The summed E-state index contributed by atoms with van der Waals surface area (Å²) in [5.74, 6) is -0.141. The number of carbonyl (C=O) groups excluding carboxylic acids is 1. The van der Waals surface area contributed by atoms with Gasteiger partial charge in [0, 0.05) is 25.2 Å². The maximum Gasteiger partial charge on any atom is 0.324 e. The number of piperidine rings is 1. The molecule has 0 aromatic heterocycles. The van der Waals surface area contributed by atoms with Crippen molar-refractivity contribution < 1.29 is 9.53 Å². The van der Waals surface area contributed by atoms with E-state index in [-0.39, 0.29) is 18.1 Å². The number of hydrogen-bond acceptors (Lipinski definition) is 5. The third-order valence-corrected chi connectivity index (χ3v) is 3.80. The zero-order valence-corrected chi connectivity index (χ0v) is 13.7. The van der Waals surface area contributed by atoms with Crippen molar-refractivity contribution in [3.05, 3.63) is 0 Å². The number of nitrogens with one attached hydrogen (secondary N) is 1. The second-order valence-corrected chi connectivity index (χ2v) is 6.12. The van der Waals surface area contributed by atoms with Gasteiger partial charge < -0.3 is 15.0 Å². The molecule has 1 N–H and O–H groups in total. The van der Waals surface area contributed by atoms with Crippen molar-refractivity contribution in [2.45, 2.75) is 51.7 Å². The second-order valence-electron chi connectivity index (χ2n) is 6.12. The Balaban J connectivity index is 2.56. The number of likely N-dealkylation sites (tertiary alicyclic amines) is 1. The molecule has 2 unspecified atom stereocenters. The van der Waals surface area contributed by atoms with Crippen LogP contribution in [0, 0.1) is 0 Å². The van der Waals surface area contributed by atoms with Gasteiger partial charge in [-0.1, -0.05) is 13.8 Å². The Morgan fingerprint density at radius 1 is 1.50 bits per heavy atom. The fourth-order valence-corrected chi connectivity index (χ4v) is 2.78. The van der Waals surface area contributed by atoms with E-state index in [2.05, 4.69) is 43.1 Å². The molecule has 0 spiro atoms. The van der Waals surface area contributed by atoms with Crippen molar-refractivity contribution in [3.63, 3.8) is 0 Å². The van der Waals surface area contributed by atoms with Crippen LogP contribution in [0.2, 0.25) is 0 Å². The summed E-state index contributed by atoms with van der Waals surface area (Å²) in [6, 6.07) is 0.554. The first-order valence-electron chi connectivity index (χ1n) is 7.75. The van der Waals surface area contributed by atoms with Gasteiger partial charge in [-0.2, -0.15) is 0 Å². The number of likely N-dealkylation sites (N-methyl/N-ethyl adjacent to an activating group) is 2. The summed E-state index contributed by atoms with van der Waals surface area (Å²) in [7, 11) is 4.27. The Labute approximate surface area is 123 Å². The molecule has 2 atom stereocenters. The van der Waals surface area contributed by atoms with Crippen LogP contribution in [-0.2, 0) is 9.53 Å². The number of esters is 1. The van der Waals surface area contributed by atoms with Crippen molar-refractivity contribution in [1.29, 1.82) is 0 Å². The largest absolute Gasteiger partial charge is 0.465 e. The lowest BCUT2D eigenvalue weighted by atomic mass is 10.0. The average molecular weight is 285 g/mol. The molecule has 1 heterocycles. The van der Waals surface area contributed by atoms with Crippen molar-refractivity contribution in [2.75, 3.05) is 40.3 Å². The molecule has 0 aromatic rings. The molecule has 0 radical (unpaired) electrons. The first-order valence-corrected chi connectivity index (χ1v) is 7.75. The van der Waals surface area contributed by atoms with Crippen LogP contribution in [0.5, 0.6) is 0 Å². The maximum absolute atomic E-state index is 12.0. The van der Waals surface area contributed by atoms with Crippen LogP contribution in [0.4, 0.5) is 0 Å². The van der Waals surface area contributed by atoms with Crippen LogP contribution in [0.1, 0.15) is 33.6 Å². The predicted molar refractivity (Wildman–Crippen MR) is 81.8 cm³/mol. The van der Waals surface area contributed by atoms with Crippen LogP contribution >= 0.6 is 0 Å². The Bertz CT molecular complexity index is 297. The lowest BCUT2D eigenvalue weighted by molar-refractivity contribution is -0.146. The predicted octanol–water partition coefficient (Wildman–Crippen LogP) is 0.942. The molecule has 5 nitrogen and oxygen atoms in total. The molecule has 1 saturated heterocycles. The third-order valence-electron chi connectivity index (χ3n) is 3.80. The molecule has 0 aliphatic carbocycles. The van der Waals surface area contributed by atoms with Crippen molar-refractivity contribution in [1.82, 2.24) is 15.1 Å². The summed E-state index contributed by atoms with van der Waals surface area (Å²) in [6.07, 6.45) is 2.44. The quantitative estimate of drug-likeness (QED) is 0.705. The van der Waals surface area contributed by atoms with Gasteiger partial charge in [0.1, 0.15) is 6.04 Å². The maximum atomic E-state index is 12.0. The van der Waals surface area contributed by atoms with Crippen molar-refractivity contribution in [3.8, 4) is 0 Å². The topological polar surface area (TPSA) is 44.8 Å². The van der Waals surface area contributed by atoms with E-state index in [1.165, 1.54) is 19.4 Å². The minimum atomic E-state index is -0.243. The molecular formula is C15H31N3O2. The zero-order valence-electron chi connectivity index (χ0n) is 13.7. The van der Waals surface area contributed by atoms with E-state index in [1.54, 1.807) is 0 Å². The van der Waals surface area contributed by atoms with E-state index in [4.69, 9.17) is 4.74 Å². The minimum Gasteiger partial charge on any atom is -0.465 e. The van der Waals surface area contributed by atoms with Crippen molar-refractivity contribution >= 4 is 5.97 Å². The highest BCUT2D eigenvalue weighted by atomic mass is 16.5. The lowest BCUT2D eigenvalue weighted by Gasteiger charge is -2.37. The Morgan fingerprint density at radius 2 is 2.20 bits per heavy atom. The Hall–Kier alpha value is -0.650. The van der Waals surface area contributed by atoms with Crippen LogP contribution < -0.4 is 5.32 Å². The molecule has 5 heteroatoms. The van der Waals surface area contributed by atoms with E-state index >= 15 is 0 Å². The van der Waals surface area contributed by atoms with Crippen molar-refractivity contribution in [2.24, 2.45) is 0 Å². The van der Waals surface area contributed by atoms with Gasteiger partial charge in [0.05, 0.1) is 6.61 Å². The van der Waals surface area contributed by atoms with Crippen LogP contribution in [0.15, 0.2) is 0 Å². The van der Waals surface area contributed by atoms with Gasteiger partial charge in [-0.25, -0.2) is 0 Å². The van der Waals surface area contributed by atoms with E-state index in [9.17, 15) is 4.79 Å². The van der Waals surface area contributed by atoms with E-state index in [0.29, 0.717) is 19.2 Å². The van der Waals surface area contributed by atoms with Gasteiger partial charge in [-0.05, 0) is 40.4 Å². The molecule has 0 saturated carbocycles. The molecule has 0 amide bonds. The summed E-state index contributed by atoms with van der Waals surface area (Å²) >= 11 is 0. The Kier molecular flexibility index (Phi) is 7.48. The third kappa shape index (κ3) is 5.77. The Morgan fingerprint density at radius 3 is 2.75 bits per heavy atom. The fourth-order valence-electron chi connectivity index (χ4n) is 2.78. The van der Waals surface area contributed by atoms with Gasteiger partial charge in [-0.15, -0.1) is 0 Å². The molecule has 20 heavy (non-hydrogen) atoms. The lowest BCUT2D eigenvalue weighted by Crippen LogP contribution is -2.53. The van der Waals surface area contributed by atoms with Crippen LogP contribution in [0.3, 0.4) is 0 Å². The highest BCUT2D eigenvalue weighted by molar-refractivity contribution is 5.76. The molecular weight excluding hydrogens is 254 g/mol. The highest BCUT2D eigenvalue weighted by Crippen LogP contribution is 2.14. The summed E-state index contributed by atoms with van der Waals surface area (Å²) in [4.78, 5) is 16.7. The highest BCUT2D eigenvalue weighted by Gasteiger charge is 2.27. The van der Waals surface area contributed by atoms with E-state index < -0.39 is 0 Å². The summed E-state index contributed by atoms with van der Waals surface area (Å²) in [5, 5.41) is 3.32. The smallest absolute Gasteiger partial charge is 0.324 e.